The van der Waals surface area contributed by atoms with E-state index in [2.05, 4.69) is 58.1 Å². The smallest absolute Gasteiger partial charge is 0.0992 e. The van der Waals surface area contributed by atoms with Gasteiger partial charge in [0.25, 0.3) is 0 Å². The van der Waals surface area contributed by atoms with Crippen LogP contribution in [0.15, 0.2) is 78.9 Å². The first-order valence-electron chi connectivity index (χ1n) is 9.67. The molecule has 1 N–H and O–H groups in total. The second-order valence-electron chi connectivity index (χ2n) is 7.40. The van der Waals surface area contributed by atoms with Crippen LogP contribution in [0.2, 0.25) is 0 Å². The Bertz CT molecular complexity index is 1690. The number of aromatic amines is 1. The third kappa shape index (κ3) is 2.13. The lowest BCUT2D eigenvalue weighted by Crippen LogP contribution is -1.96. The Morgan fingerprint density at radius 3 is 2.10 bits per heavy atom. The van der Waals surface area contributed by atoms with Crippen LogP contribution in [0.4, 0.5) is 0 Å². The average Bonchev–Trinajstić information content (AvgIpc) is 3.34. The van der Waals surface area contributed by atoms with E-state index in [9.17, 15) is 10.5 Å². The lowest BCUT2D eigenvalue weighted by atomic mass is 10.1. The van der Waals surface area contributed by atoms with Crippen molar-refractivity contribution in [2.75, 3.05) is 0 Å². The Labute approximate surface area is 171 Å². The molecule has 2 aromatic heterocycles. The summed E-state index contributed by atoms with van der Waals surface area (Å²) < 4.78 is 2.16. The molecular formula is C26H14N4. The average molecular weight is 382 g/mol. The number of nitriles is 2. The van der Waals surface area contributed by atoms with Crippen LogP contribution in [-0.2, 0) is 0 Å². The Kier molecular flexibility index (Phi) is 3.27. The van der Waals surface area contributed by atoms with E-state index in [1.54, 1.807) is 6.07 Å². The number of nitrogens with zero attached hydrogens (tertiary/aromatic N) is 3. The standard InChI is InChI=1S/C26H14N4/c27-14-16-11-17(15-28)13-18(12-16)30-24-8-4-2-6-20(24)22-10-9-21-19-5-1-3-7-23(19)29-25(21)26(22)30/h1-13,29H. The van der Waals surface area contributed by atoms with Gasteiger partial charge in [-0.15, -0.1) is 0 Å². The summed E-state index contributed by atoms with van der Waals surface area (Å²) in [5.74, 6) is 0. The summed E-state index contributed by atoms with van der Waals surface area (Å²) >= 11 is 0. The van der Waals surface area contributed by atoms with Gasteiger partial charge in [-0.2, -0.15) is 10.5 Å². The first-order chi connectivity index (χ1) is 14.8. The largest absolute Gasteiger partial charge is 0.353 e. The maximum atomic E-state index is 9.50. The SMILES string of the molecule is N#Cc1cc(C#N)cc(-n2c3ccccc3c3ccc4c5ccccc5[nH]c4c32)c1. The van der Waals surface area contributed by atoms with Crippen LogP contribution >= 0.6 is 0 Å². The van der Waals surface area contributed by atoms with Gasteiger partial charge in [0.15, 0.2) is 0 Å². The van der Waals surface area contributed by atoms with E-state index in [-0.39, 0.29) is 0 Å². The van der Waals surface area contributed by atoms with Gasteiger partial charge < -0.3 is 9.55 Å². The molecule has 2 heterocycles. The minimum Gasteiger partial charge on any atom is -0.353 e. The predicted molar refractivity (Wildman–Crippen MR) is 120 cm³/mol. The van der Waals surface area contributed by atoms with E-state index >= 15 is 0 Å². The summed E-state index contributed by atoms with van der Waals surface area (Å²) in [7, 11) is 0. The van der Waals surface area contributed by atoms with Gasteiger partial charge in [0.2, 0.25) is 0 Å². The van der Waals surface area contributed by atoms with Crippen LogP contribution < -0.4 is 0 Å². The number of para-hydroxylation sites is 2. The summed E-state index contributed by atoms with van der Waals surface area (Å²) in [4.78, 5) is 3.60. The van der Waals surface area contributed by atoms with E-state index in [1.807, 2.05) is 36.4 Å². The molecule has 0 saturated carbocycles. The molecule has 0 amide bonds. The number of H-pyrrole nitrogens is 1. The molecule has 0 spiro atoms. The second-order valence-corrected chi connectivity index (χ2v) is 7.40. The van der Waals surface area contributed by atoms with Gasteiger partial charge in [-0.25, -0.2) is 0 Å². The molecule has 4 heteroatoms. The van der Waals surface area contributed by atoms with Gasteiger partial charge in [-0.1, -0.05) is 48.5 Å². The molecule has 0 atom stereocenters. The molecule has 0 aliphatic heterocycles. The van der Waals surface area contributed by atoms with Gasteiger partial charge in [-0.05, 0) is 30.3 Å². The fourth-order valence-electron chi connectivity index (χ4n) is 4.51. The molecule has 0 aliphatic carbocycles. The number of nitrogens with one attached hydrogen (secondary N) is 1. The van der Waals surface area contributed by atoms with Crippen LogP contribution in [0.3, 0.4) is 0 Å². The lowest BCUT2D eigenvalue weighted by molar-refractivity contribution is 1.18. The summed E-state index contributed by atoms with van der Waals surface area (Å²) in [6.07, 6.45) is 0. The minimum atomic E-state index is 0.471. The Morgan fingerprint density at radius 1 is 0.667 bits per heavy atom. The van der Waals surface area contributed by atoms with Gasteiger partial charge >= 0.3 is 0 Å². The monoisotopic (exact) mass is 382 g/mol. The summed E-state index contributed by atoms with van der Waals surface area (Å²) in [6, 6.07) is 30.5. The number of benzene rings is 4. The minimum absolute atomic E-state index is 0.471. The Hall–Kier alpha value is -4.54. The van der Waals surface area contributed by atoms with Crippen LogP contribution in [0.25, 0.3) is 49.3 Å². The molecule has 138 valence electrons. The molecule has 0 radical (unpaired) electrons. The van der Waals surface area contributed by atoms with Crippen molar-refractivity contribution in [3.63, 3.8) is 0 Å². The van der Waals surface area contributed by atoms with E-state index in [0.29, 0.717) is 11.1 Å². The van der Waals surface area contributed by atoms with E-state index in [4.69, 9.17) is 0 Å². The van der Waals surface area contributed by atoms with Crippen molar-refractivity contribution >= 4 is 43.6 Å². The normalized spacial score (nSPS) is 11.3. The summed E-state index contributed by atoms with van der Waals surface area (Å²) in [5, 5.41) is 23.6. The predicted octanol–water partition coefficient (Wildman–Crippen LogP) is 6.16. The van der Waals surface area contributed by atoms with Crippen molar-refractivity contribution in [3.05, 3.63) is 90.0 Å². The number of rotatable bonds is 1. The van der Waals surface area contributed by atoms with E-state index < -0.39 is 0 Å². The highest BCUT2D eigenvalue weighted by Crippen LogP contribution is 2.38. The molecule has 0 saturated heterocycles. The number of aromatic nitrogens is 2. The zero-order valence-corrected chi connectivity index (χ0v) is 15.8. The fourth-order valence-corrected chi connectivity index (χ4v) is 4.51. The number of fused-ring (bicyclic) bond motifs is 7. The third-order valence-electron chi connectivity index (χ3n) is 5.75. The van der Waals surface area contributed by atoms with Crippen molar-refractivity contribution in [1.29, 1.82) is 10.5 Å². The highest BCUT2D eigenvalue weighted by Gasteiger charge is 2.17. The van der Waals surface area contributed by atoms with Crippen LogP contribution in [0.5, 0.6) is 0 Å². The zero-order chi connectivity index (χ0) is 20.2. The lowest BCUT2D eigenvalue weighted by Gasteiger charge is -2.09. The molecular weight excluding hydrogens is 368 g/mol. The molecule has 6 rings (SSSR count). The van der Waals surface area contributed by atoms with Crippen molar-refractivity contribution in [3.8, 4) is 17.8 Å². The number of hydrogen-bond acceptors (Lipinski definition) is 2. The molecule has 0 unspecified atom stereocenters. The highest BCUT2D eigenvalue weighted by molar-refractivity contribution is 6.22. The molecule has 0 bridgehead atoms. The first kappa shape index (κ1) is 16.4. The zero-order valence-electron chi connectivity index (χ0n) is 15.8. The van der Waals surface area contributed by atoms with Gasteiger partial charge in [0, 0.05) is 32.7 Å². The van der Waals surface area contributed by atoms with Gasteiger partial charge in [-0.3, -0.25) is 0 Å². The van der Waals surface area contributed by atoms with Crippen molar-refractivity contribution in [1.82, 2.24) is 9.55 Å². The van der Waals surface area contributed by atoms with E-state index in [1.165, 1.54) is 5.39 Å². The van der Waals surface area contributed by atoms with Gasteiger partial charge in [0.1, 0.15) is 0 Å². The van der Waals surface area contributed by atoms with Crippen molar-refractivity contribution < 1.29 is 0 Å². The van der Waals surface area contributed by atoms with Gasteiger partial charge in [0.05, 0.1) is 39.8 Å². The maximum absolute atomic E-state index is 9.50. The molecule has 0 aliphatic rings. The number of hydrogen-bond donors (Lipinski definition) is 1. The topological polar surface area (TPSA) is 68.3 Å². The molecule has 4 aromatic carbocycles. The molecule has 4 nitrogen and oxygen atoms in total. The van der Waals surface area contributed by atoms with Crippen LogP contribution in [0.1, 0.15) is 11.1 Å². The van der Waals surface area contributed by atoms with E-state index in [0.717, 1.165) is 43.9 Å². The first-order valence-corrected chi connectivity index (χ1v) is 9.67. The summed E-state index contributed by atoms with van der Waals surface area (Å²) in [5.41, 5.74) is 5.97. The van der Waals surface area contributed by atoms with Crippen LogP contribution in [-0.4, -0.2) is 9.55 Å². The molecule has 0 fully saturated rings. The third-order valence-corrected chi connectivity index (χ3v) is 5.75. The fraction of sp³-hybridized carbons (Fsp3) is 0. The second kappa shape index (κ2) is 5.98. The van der Waals surface area contributed by atoms with Crippen molar-refractivity contribution in [2.45, 2.75) is 0 Å². The highest BCUT2D eigenvalue weighted by atomic mass is 15.0. The van der Waals surface area contributed by atoms with Crippen LogP contribution in [0, 0.1) is 22.7 Å². The summed E-state index contributed by atoms with van der Waals surface area (Å²) in [6.45, 7) is 0. The Balaban J connectivity index is 1.87. The van der Waals surface area contributed by atoms with Crippen molar-refractivity contribution in [2.24, 2.45) is 0 Å². The maximum Gasteiger partial charge on any atom is 0.0992 e. The Morgan fingerprint density at radius 2 is 1.33 bits per heavy atom. The molecule has 6 aromatic rings. The molecule has 30 heavy (non-hydrogen) atoms. The quantitative estimate of drug-likeness (QED) is 0.370.